The van der Waals surface area contributed by atoms with E-state index in [1.54, 1.807) is 0 Å². The molecule has 2 aromatic rings. The number of amides is 2. The first-order valence-electron chi connectivity index (χ1n) is 11.8. The molecule has 0 bridgehead atoms. The van der Waals surface area contributed by atoms with Crippen LogP contribution < -0.4 is 10.6 Å². The van der Waals surface area contributed by atoms with E-state index < -0.39 is 5.54 Å². The number of carbonyl (C=O) groups is 2. The van der Waals surface area contributed by atoms with Gasteiger partial charge in [-0.05, 0) is 50.4 Å². The van der Waals surface area contributed by atoms with Crippen molar-refractivity contribution in [3.63, 3.8) is 0 Å². The summed E-state index contributed by atoms with van der Waals surface area (Å²) in [5, 5.41) is 10.4. The second-order valence-electron chi connectivity index (χ2n) is 8.90. The summed E-state index contributed by atoms with van der Waals surface area (Å²) in [6.07, 6.45) is 5.12. The van der Waals surface area contributed by atoms with Gasteiger partial charge in [-0.1, -0.05) is 50.0 Å². The molecule has 1 aromatic carbocycles. The molecular formula is C24H33N5O3. The van der Waals surface area contributed by atoms with Crippen LogP contribution in [0, 0.1) is 5.92 Å². The maximum atomic E-state index is 12.9. The van der Waals surface area contributed by atoms with Crippen LogP contribution in [0.1, 0.15) is 69.7 Å². The summed E-state index contributed by atoms with van der Waals surface area (Å²) in [5.41, 5.74) is 1.43. The Balaban J connectivity index is 1.38. The Labute approximate surface area is 189 Å². The maximum Gasteiger partial charge on any atom is 0.240 e. The van der Waals surface area contributed by atoms with E-state index in [0.717, 1.165) is 50.0 Å². The first kappa shape index (κ1) is 22.5. The molecule has 4 rings (SSSR count). The van der Waals surface area contributed by atoms with Crippen molar-refractivity contribution in [3.05, 3.63) is 41.5 Å². The third-order valence-corrected chi connectivity index (χ3v) is 6.82. The fourth-order valence-electron chi connectivity index (χ4n) is 4.82. The number of para-hydroxylation sites is 1. The zero-order chi connectivity index (χ0) is 22.6. The van der Waals surface area contributed by atoms with E-state index in [-0.39, 0.29) is 17.7 Å². The van der Waals surface area contributed by atoms with Gasteiger partial charge >= 0.3 is 0 Å². The molecule has 2 N–H and O–H groups in total. The SMILES string of the molecule is CCN(CC)Cc1nc(C2(NC(=O)CC[C@@H]3Cc4ccccc4NC3=O)CCCC2)no1. The van der Waals surface area contributed by atoms with Gasteiger partial charge in [0, 0.05) is 18.0 Å². The molecule has 1 saturated carbocycles. The van der Waals surface area contributed by atoms with Crippen LogP contribution in [0.5, 0.6) is 0 Å². The van der Waals surface area contributed by atoms with Gasteiger partial charge in [0.15, 0.2) is 5.82 Å². The Bertz CT molecular complexity index is 947. The number of hydrogen-bond donors (Lipinski definition) is 2. The summed E-state index contributed by atoms with van der Waals surface area (Å²) in [6.45, 7) is 6.64. The van der Waals surface area contributed by atoms with Crippen molar-refractivity contribution in [2.75, 3.05) is 18.4 Å². The summed E-state index contributed by atoms with van der Waals surface area (Å²) in [4.78, 5) is 32.2. The number of nitrogens with one attached hydrogen (secondary N) is 2. The lowest BCUT2D eigenvalue weighted by Gasteiger charge is -2.28. The molecule has 1 aromatic heterocycles. The van der Waals surface area contributed by atoms with Crippen LogP contribution in [-0.4, -0.2) is 39.9 Å². The fourth-order valence-corrected chi connectivity index (χ4v) is 4.82. The van der Waals surface area contributed by atoms with Crippen LogP contribution in [-0.2, 0) is 28.1 Å². The van der Waals surface area contributed by atoms with Crippen molar-refractivity contribution < 1.29 is 14.1 Å². The van der Waals surface area contributed by atoms with E-state index in [4.69, 9.17) is 4.52 Å². The van der Waals surface area contributed by atoms with Crippen molar-refractivity contribution in [1.29, 1.82) is 0 Å². The number of anilines is 1. The van der Waals surface area contributed by atoms with E-state index in [2.05, 4.69) is 39.5 Å². The van der Waals surface area contributed by atoms with E-state index in [1.165, 1.54) is 0 Å². The summed E-state index contributed by atoms with van der Waals surface area (Å²) in [5.74, 6) is 0.901. The van der Waals surface area contributed by atoms with Crippen LogP contribution in [0.25, 0.3) is 0 Å². The third-order valence-electron chi connectivity index (χ3n) is 6.82. The number of benzene rings is 1. The number of nitrogens with zero attached hydrogens (tertiary/aromatic N) is 3. The minimum Gasteiger partial charge on any atom is -0.343 e. The molecule has 2 aliphatic rings. The van der Waals surface area contributed by atoms with Crippen molar-refractivity contribution >= 4 is 17.5 Å². The van der Waals surface area contributed by atoms with Crippen LogP contribution in [0.15, 0.2) is 28.8 Å². The molecule has 8 heteroatoms. The number of carbonyl (C=O) groups excluding carboxylic acids is 2. The van der Waals surface area contributed by atoms with E-state index >= 15 is 0 Å². The zero-order valence-electron chi connectivity index (χ0n) is 19.0. The highest BCUT2D eigenvalue weighted by Gasteiger charge is 2.41. The minimum atomic E-state index is -0.566. The minimum absolute atomic E-state index is 0.00806. The molecule has 1 aliphatic carbocycles. The second kappa shape index (κ2) is 9.81. The molecular weight excluding hydrogens is 406 g/mol. The molecule has 2 heterocycles. The summed E-state index contributed by atoms with van der Waals surface area (Å²) < 4.78 is 5.51. The molecule has 1 fully saturated rings. The number of fused-ring (bicyclic) bond motifs is 1. The fraction of sp³-hybridized carbons (Fsp3) is 0.583. The van der Waals surface area contributed by atoms with E-state index in [9.17, 15) is 9.59 Å². The summed E-state index contributed by atoms with van der Waals surface area (Å²) >= 11 is 0. The summed E-state index contributed by atoms with van der Waals surface area (Å²) in [6, 6.07) is 7.84. The van der Waals surface area contributed by atoms with Gasteiger partial charge in [0.1, 0.15) is 5.54 Å². The standard InChI is InChI=1S/C24H33N5O3/c1-3-29(4-2)16-21-26-23(28-32-21)24(13-7-8-14-24)27-20(30)12-11-18-15-17-9-5-6-10-19(17)25-22(18)31/h5-6,9-10,18H,3-4,7-8,11-16H2,1-2H3,(H,25,31)(H,27,30)/t18-/m1/s1. The first-order chi connectivity index (χ1) is 15.5. The molecule has 0 spiro atoms. The average molecular weight is 440 g/mol. The predicted molar refractivity (Wildman–Crippen MR) is 121 cm³/mol. The van der Waals surface area contributed by atoms with Crippen LogP contribution in [0.2, 0.25) is 0 Å². The smallest absolute Gasteiger partial charge is 0.240 e. The van der Waals surface area contributed by atoms with Gasteiger partial charge in [-0.25, -0.2) is 0 Å². The van der Waals surface area contributed by atoms with Gasteiger partial charge in [0.25, 0.3) is 0 Å². The highest BCUT2D eigenvalue weighted by molar-refractivity contribution is 5.96. The third kappa shape index (κ3) is 4.85. The van der Waals surface area contributed by atoms with E-state index in [0.29, 0.717) is 37.5 Å². The van der Waals surface area contributed by atoms with Crippen molar-refractivity contribution in [1.82, 2.24) is 20.4 Å². The van der Waals surface area contributed by atoms with Gasteiger partial charge in [-0.3, -0.25) is 14.5 Å². The molecule has 8 nitrogen and oxygen atoms in total. The molecule has 0 saturated heterocycles. The molecule has 32 heavy (non-hydrogen) atoms. The summed E-state index contributed by atoms with van der Waals surface area (Å²) in [7, 11) is 0. The lowest BCUT2D eigenvalue weighted by molar-refractivity contribution is -0.124. The maximum absolute atomic E-state index is 12.9. The lowest BCUT2D eigenvalue weighted by Crippen LogP contribution is -2.45. The molecule has 1 aliphatic heterocycles. The molecule has 0 unspecified atom stereocenters. The Hall–Kier alpha value is -2.74. The normalized spacial score (nSPS) is 19.6. The van der Waals surface area contributed by atoms with Crippen LogP contribution in [0.3, 0.4) is 0 Å². The van der Waals surface area contributed by atoms with Crippen molar-refractivity contribution in [2.45, 2.75) is 70.9 Å². The Morgan fingerprint density at radius 1 is 1.25 bits per heavy atom. The number of hydrogen-bond acceptors (Lipinski definition) is 6. The van der Waals surface area contributed by atoms with Crippen LogP contribution >= 0.6 is 0 Å². The van der Waals surface area contributed by atoms with Gasteiger partial charge in [0.2, 0.25) is 17.7 Å². The van der Waals surface area contributed by atoms with Crippen molar-refractivity contribution in [2.24, 2.45) is 5.92 Å². The molecule has 0 radical (unpaired) electrons. The molecule has 2 amide bonds. The van der Waals surface area contributed by atoms with Crippen LogP contribution in [0.4, 0.5) is 5.69 Å². The Morgan fingerprint density at radius 2 is 2.00 bits per heavy atom. The lowest BCUT2D eigenvalue weighted by atomic mass is 9.89. The monoisotopic (exact) mass is 439 g/mol. The largest absolute Gasteiger partial charge is 0.343 e. The Morgan fingerprint density at radius 3 is 2.75 bits per heavy atom. The van der Waals surface area contributed by atoms with E-state index in [1.807, 2.05) is 24.3 Å². The van der Waals surface area contributed by atoms with Gasteiger partial charge in [-0.15, -0.1) is 0 Å². The highest BCUT2D eigenvalue weighted by Crippen LogP contribution is 2.37. The second-order valence-corrected chi connectivity index (χ2v) is 8.90. The average Bonchev–Trinajstić information content (AvgIpc) is 3.46. The Kier molecular flexibility index (Phi) is 6.89. The zero-order valence-corrected chi connectivity index (χ0v) is 19.0. The quantitative estimate of drug-likeness (QED) is 0.621. The van der Waals surface area contributed by atoms with Gasteiger partial charge < -0.3 is 15.2 Å². The predicted octanol–water partition coefficient (Wildman–Crippen LogP) is 3.39. The topological polar surface area (TPSA) is 100 Å². The number of rotatable bonds is 9. The van der Waals surface area contributed by atoms with Crippen molar-refractivity contribution in [3.8, 4) is 0 Å². The molecule has 172 valence electrons. The molecule has 1 atom stereocenters. The first-order valence-corrected chi connectivity index (χ1v) is 11.8. The highest BCUT2D eigenvalue weighted by atomic mass is 16.5. The van der Waals surface area contributed by atoms with Gasteiger partial charge in [0.05, 0.1) is 6.54 Å². The van der Waals surface area contributed by atoms with Gasteiger partial charge in [-0.2, -0.15) is 4.98 Å². The number of aromatic nitrogens is 2.